The smallest absolute Gasteiger partial charge is 0.192 e. The van der Waals surface area contributed by atoms with Gasteiger partial charge >= 0.3 is 0 Å². The van der Waals surface area contributed by atoms with Gasteiger partial charge in [0, 0.05) is 11.6 Å². The number of benzene rings is 1. The molecule has 1 aliphatic rings. The molecule has 0 bridgehead atoms. The van der Waals surface area contributed by atoms with E-state index in [1.165, 1.54) is 6.07 Å². The Hall–Kier alpha value is -1.65. The predicted octanol–water partition coefficient (Wildman–Crippen LogP) is 2.22. The van der Waals surface area contributed by atoms with E-state index < -0.39 is 17.2 Å². The third-order valence-electron chi connectivity index (χ3n) is 3.38. The first-order valence-corrected chi connectivity index (χ1v) is 5.91. The van der Waals surface area contributed by atoms with Crippen LogP contribution in [0.1, 0.15) is 26.3 Å². The molecule has 1 unspecified atom stereocenters. The standard InChI is InChI=1S/C13H17F2N3/c1-8(2)18-12(16)17-7-13(18,3)9-5-4-6-10(14)11(9)15/h4-6,8H,7H2,1-3H3,(H2,16,17). The Labute approximate surface area is 105 Å². The summed E-state index contributed by atoms with van der Waals surface area (Å²) in [6.07, 6.45) is 0. The summed E-state index contributed by atoms with van der Waals surface area (Å²) >= 11 is 0. The highest BCUT2D eigenvalue weighted by Crippen LogP contribution is 2.36. The van der Waals surface area contributed by atoms with Crippen LogP contribution in [0.15, 0.2) is 23.2 Å². The summed E-state index contributed by atoms with van der Waals surface area (Å²) < 4.78 is 27.3. The molecule has 0 aromatic heterocycles. The van der Waals surface area contributed by atoms with E-state index >= 15 is 0 Å². The fourth-order valence-electron chi connectivity index (χ4n) is 2.61. The number of guanidine groups is 1. The van der Waals surface area contributed by atoms with Crippen LogP contribution in [0, 0.1) is 11.6 Å². The van der Waals surface area contributed by atoms with E-state index in [1.807, 2.05) is 25.7 Å². The van der Waals surface area contributed by atoms with Crippen molar-refractivity contribution in [2.45, 2.75) is 32.4 Å². The van der Waals surface area contributed by atoms with Gasteiger partial charge in [-0.1, -0.05) is 12.1 Å². The molecule has 0 radical (unpaired) electrons. The summed E-state index contributed by atoms with van der Waals surface area (Å²) in [5.74, 6) is -1.30. The monoisotopic (exact) mass is 253 g/mol. The maximum absolute atomic E-state index is 14.0. The maximum Gasteiger partial charge on any atom is 0.192 e. The minimum atomic E-state index is -0.845. The van der Waals surface area contributed by atoms with Gasteiger partial charge in [0.1, 0.15) is 0 Å². The number of hydrogen-bond donors (Lipinski definition) is 1. The first-order chi connectivity index (χ1) is 8.38. The minimum absolute atomic E-state index is 0.0592. The zero-order valence-electron chi connectivity index (χ0n) is 10.7. The van der Waals surface area contributed by atoms with Gasteiger partial charge in [0.25, 0.3) is 0 Å². The van der Waals surface area contributed by atoms with E-state index in [2.05, 4.69) is 4.99 Å². The van der Waals surface area contributed by atoms with Crippen molar-refractivity contribution in [3.63, 3.8) is 0 Å². The molecule has 0 fully saturated rings. The van der Waals surface area contributed by atoms with Crippen LogP contribution < -0.4 is 5.73 Å². The number of hydrogen-bond acceptors (Lipinski definition) is 3. The Morgan fingerprint density at radius 3 is 2.67 bits per heavy atom. The molecule has 1 aromatic rings. The summed E-state index contributed by atoms with van der Waals surface area (Å²) in [7, 11) is 0. The Morgan fingerprint density at radius 2 is 2.06 bits per heavy atom. The van der Waals surface area contributed by atoms with Crippen LogP contribution in [0.5, 0.6) is 0 Å². The molecule has 3 nitrogen and oxygen atoms in total. The SMILES string of the molecule is CC(C)N1C(N)=NCC1(C)c1cccc(F)c1F. The molecule has 98 valence electrons. The zero-order valence-corrected chi connectivity index (χ0v) is 10.7. The molecule has 1 aromatic carbocycles. The predicted molar refractivity (Wildman–Crippen MR) is 67.2 cm³/mol. The lowest BCUT2D eigenvalue weighted by atomic mass is 9.89. The first-order valence-electron chi connectivity index (χ1n) is 5.91. The molecule has 0 saturated carbocycles. The molecule has 1 heterocycles. The molecule has 0 amide bonds. The van der Waals surface area contributed by atoms with Crippen molar-refractivity contribution in [1.29, 1.82) is 0 Å². The third kappa shape index (κ3) is 1.74. The second-order valence-corrected chi connectivity index (χ2v) is 5.01. The number of rotatable bonds is 2. The quantitative estimate of drug-likeness (QED) is 0.878. The van der Waals surface area contributed by atoms with Crippen LogP contribution in [0.2, 0.25) is 0 Å². The molecule has 2 N–H and O–H groups in total. The highest BCUT2D eigenvalue weighted by molar-refractivity contribution is 5.81. The number of aliphatic imine (C=N–C) groups is 1. The molecular weight excluding hydrogens is 236 g/mol. The average molecular weight is 253 g/mol. The molecule has 0 saturated heterocycles. The van der Waals surface area contributed by atoms with Crippen LogP contribution in [-0.4, -0.2) is 23.4 Å². The van der Waals surface area contributed by atoms with Crippen molar-refractivity contribution in [3.05, 3.63) is 35.4 Å². The third-order valence-corrected chi connectivity index (χ3v) is 3.38. The first kappa shape index (κ1) is 12.8. The lowest BCUT2D eigenvalue weighted by Crippen LogP contribution is -2.51. The topological polar surface area (TPSA) is 41.6 Å². The summed E-state index contributed by atoms with van der Waals surface area (Å²) in [6, 6.07) is 4.26. The van der Waals surface area contributed by atoms with E-state index in [1.54, 1.807) is 6.07 Å². The van der Waals surface area contributed by atoms with Gasteiger partial charge in [0.05, 0.1) is 12.1 Å². The van der Waals surface area contributed by atoms with E-state index in [0.717, 1.165) is 6.07 Å². The van der Waals surface area contributed by atoms with Gasteiger partial charge in [-0.2, -0.15) is 0 Å². The highest BCUT2D eigenvalue weighted by Gasteiger charge is 2.43. The molecule has 2 rings (SSSR count). The van der Waals surface area contributed by atoms with Gasteiger partial charge in [0.2, 0.25) is 0 Å². The van der Waals surface area contributed by atoms with Gasteiger partial charge < -0.3 is 10.6 Å². The van der Waals surface area contributed by atoms with Gasteiger partial charge in [-0.3, -0.25) is 4.99 Å². The van der Waals surface area contributed by atoms with E-state index in [-0.39, 0.29) is 6.04 Å². The minimum Gasteiger partial charge on any atom is -0.370 e. The summed E-state index contributed by atoms with van der Waals surface area (Å²) in [5.41, 5.74) is 5.40. The second kappa shape index (κ2) is 4.23. The van der Waals surface area contributed by atoms with Crippen molar-refractivity contribution in [1.82, 2.24) is 4.90 Å². The molecule has 1 atom stereocenters. The molecule has 1 aliphatic heterocycles. The number of halogens is 2. The summed E-state index contributed by atoms with van der Waals surface area (Å²) in [6.45, 7) is 6.05. The van der Waals surface area contributed by atoms with Crippen LogP contribution in [0.4, 0.5) is 8.78 Å². The average Bonchev–Trinajstić information content (AvgIpc) is 2.59. The Morgan fingerprint density at radius 1 is 1.39 bits per heavy atom. The Bertz CT molecular complexity index is 499. The van der Waals surface area contributed by atoms with Crippen LogP contribution in [0.3, 0.4) is 0 Å². The van der Waals surface area contributed by atoms with Crippen molar-refractivity contribution < 1.29 is 8.78 Å². The Balaban J connectivity index is 2.52. The van der Waals surface area contributed by atoms with E-state index in [4.69, 9.17) is 5.73 Å². The number of nitrogens with zero attached hydrogens (tertiary/aromatic N) is 2. The maximum atomic E-state index is 14.0. The summed E-state index contributed by atoms with van der Waals surface area (Å²) in [4.78, 5) is 5.99. The molecule has 5 heteroatoms. The number of nitrogens with two attached hydrogens (primary N) is 1. The highest BCUT2D eigenvalue weighted by atomic mass is 19.2. The fraction of sp³-hybridized carbons (Fsp3) is 0.462. The normalized spacial score (nSPS) is 23.7. The van der Waals surface area contributed by atoms with Crippen molar-refractivity contribution in [2.75, 3.05) is 6.54 Å². The fourth-order valence-corrected chi connectivity index (χ4v) is 2.61. The molecule has 18 heavy (non-hydrogen) atoms. The van der Waals surface area contributed by atoms with Crippen molar-refractivity contribution >= 4 is 5.96 Å². The van der Waals surface area contributed by atoms with Gasteiger partial charge in [-0.05, 0) is 26.8 Å². The lowest BCUT2D eigenvalue weighted by molar-refractivity contribution is 0.178. The Kier molecular flexibility index (Phi) is 3.00. The molecule has 0 spiro atoms. The molecule has 0 aliphatic carbocycles. The van der Waals surface area contributed by atoms with Gasteiger partial charge in [0.15, 0.2) is 17.6 Å². The summed E-state index contributed by atoms with van der Waals surface area (Å²) in [5, 5.41) is 0. The van der Waals surface area contributed by atoms with Crippen LogP contribution in [0.25, 0.3) is 0 Å². The van der Waals surface area contributed by atoms with Gasteiger partial charge in [-0.15, -0.1) is 0 Å². The zero-order chi connectivity index (χ0) is 13.5. The van der Waals surface area contributed by atoms with Crippen molar-refractivity contribution in [3.8, 4) is 0 Å². The van der Waals surface area contributed by atoms with Crippen LogP contribution >= 0.6 is 0 Å². The lowest BCUT2D eigenvalue weighted by Gasteiger charge is -2.39. The largest absolute Gasteiger partial charge is 0.370 e. The van der Waals surface area contributed by atoms with Gasteiger partial charge in [-0.25, -0.2) is 8.78 Å². The van der Waals surface area contributed by atoms with Crippen molar-refractivity contribution in [2.24, 2.45) is 10.7 Å². The van der Waals surface area contributed by atoms with E-state index in [0.29, 0.717) is 18.1 Å². The molecular formula is C13H17F2N3. The van der Waals surface area contributed by atoms with Crippen LogP contribution in [-0.2, 0) is 5.54 Å². The second-order valence-electron chi connectivity index (χ2n) is 5.01. The van der Waals surface area contributed by atoms with E-state index in [9.17, 15) is 8.78 Å².